The van der Waals surface area contributed by atoms with Crippen molar-refractivity contribution >= 4 is 11.8 Å². The van der Waals surface area contributed by atoms with E-state index in [4.69, 9.17) is 5.11 Å². The highest BCUT2D eigenvalue weighted by atomic mass is 16.3. The molecular weight excluding hydrogens is 224 g/mol. The second-order valence-electron chi connectivity index (χ2n) is 3.34. The Bertz CT molecular complexity index is 431. The van der Waals surface area contributed by atoms with E-state index < -0.39 is 5.91 Å². The van der Waals surface area contributed by atoms with E-state index in [0.717, 1.165) is 6.07 Å². The van der Waals surface area contributed by atoms with Crippen molar-refractivity contribution in [3.05, 3.63) is 23.8 Å². The average molecular weight is 238 g/mol. The van der Waals surface area contributed by atoms with Crippen molar-refractivity contribution in [3.8, 4) is 11.5 Å². The molecule has 0 fully saturated rings. The number of hydrogen-bond acceptors (Lipinski definition) is 4. The Hall–Kier alpha value is -2.24. The maximum atomic E-state index is 11.5. The zero-order chi connectivity index (χ0) is 12.8. The van der Waals surface area contributed by atoms with Crippen molar-refractivity contribution in [1.82, 2.24) is 10.6 Å². The number of rotatable bonds is 4. The van der Waals surface area contributed by atoms with Crippen LogP contribution in [0.5, 0.6) is 11.5 Å². The first-order valence-corrected chi connectivity index (χ1v) is 5.11. The van der Waals surface area contributed by atoms with Crippen molar-refractivity contribution in [2.45, 2.75) is 6.92 Å². The maximum absolute atomic E-state index is 11.5. The lowest BCUT2D eigenvalue weighted by Gasteiger charge is -2.06. The fourth-order valence-corrected chi connectivity index (χ4v) is 1.19. The van der Waals surface area contributed by atoms with Gasteiger partial charge in [0.2, 0.25) is 5.91 Å². The van der Waals surface area contributed by atoms with E-state index in [1.165, 1.54) is 12.1 Å². The van der Waals surface area contributed by atoms with Crippen molar-refractivity contribution in [2.24, 2.45) is 0 Å². The van der Waals surface area contributed by atoms with Crippen LogP contribution in [0.25, 0.3) is 0 Å². The molecular formula is C11H14N2O4. The number of likely N-dealkylation sites (N-methyl/N-ethyl adjacent to an activating group) is 1. The summed E-state index contributed by atoms with van der Waals surface area (Å²) in [7, 11) is 0. The van der Waals surface area contributed by atoms with E-state index in [2.05, 4.69) is 10.6 Å². The van der Waals surface area contributed by atoms with Crippen LogP contribution in [0.1, 0.15) is 17.3 Å². The van der Waals surface area contributed by atoms with E-state index in [9.17, 15) is 14.7 Å². The Balaban J connectivity index is 2.58. The van der Waals surface area contributed by atoms with Crippen LogP contribution in [0.2, 0.25) is 0 Å². The summed E-state index contributed by atoms with van der Waals surface area (Å²) in [6.07, 6.45) is 0. The van der Waals surface area contributed by atoms with Gasteiger partial charge in [0.25, 0.3) is 5.91 Å². The monoisotopic (exact) mass is 238 g/mol. The number of carbonyl (C=O) groups excluding carboxylic acids is 2. The number of benzene rings is 1. The molecule has 0 aliphatic carbocycles. The van der Waals surface area contributed by atoms with Crippen molar-refractivity contribution in [3.63, 3.8) is 0 Å². The van der Waals surface area contributed by atoms with E-state index >= 15 is 0 Å². The van der Waals surface area contributed by atoms with Gasteiger partial charge in [0, 0.05) is 12.1 Å². The van der Waals surface area contributed by atoms with Crippen molar-refractivity contribution < 1.29 is 19.8 Å². The van der Waals surface area contributed by atoms with Gasteiger partial charge in [-0.25, -0.2) is 0 Å². The minimum Gasteiger partial charge on any atom is -0.504 e. The van der Waals surface area contributed by atoms with Gasteiger partial charge in [0.1, 0.15) is 0 Å². The first-order valence-electron chi connectivity index (χ1n) is 5.11. The summed E-state index contributed by atoms with van der Waals surface area (Å²) in [4.78, 5) is 22.6. The summed E-state index contributed by atoms with van der Waals surface area (Å²) >= 11 is 0. The van der Waals surface area contributed by atoms with Crippen LogP contribution in [0.15, 0.2) is 18.2 Å². The highest BCUT2D eigenvalue weighted by Gasteiger charge is 2.09. The molecule has 92 valence electrons. The van der Waals surface area contributed by atoms with E-state index in [1.54, 1.807) is 6.92 Å². The predicted molar refractivity (Wildman–Crippen MR) is 60.8 cm³/mol. The minimum absolute atomic E-state index is 0.131. The quantitative estimate of drug-likeness (QED) is 0.553. The molecule has 1 rings (SSSR count). The zero-order valence-electron chi connectivity index (χ0n) is 9.36. The van der Waals surface area contributed by atoms with Gasteiger partial charge in [-0.05, 0) is 25.1 Å². The standard InChI is InChI=1S/C11H14N2O4/c1-2-12-10(16)6-13-11(17)7-3-4-8(14)9(15)5-7/h3-5,14-15H,2,6H2,1H3,(H,12,16)(H,13,17). The van der Waals surface area contributed by atoms with E-state index in [0.29, 0.717) is 6.54 Å². The van der Waals surface area contributed by atoms with Crippen LogP contribution >= 0.6 is 0 Å². The molecule has 2 amide bonds. The Kier molecular flexibility index (Phi) is 4.33. The topological polar surface area (TPSA) is 98.7 Å². The van der Waals surface area contributed by atoms with E-state index in [-0.39, 0.29) is 29.5 Å². The van der Waals surface area contributed by atoms with Gasteiger partial charge in [-0.15, -0.1) is 0 Å². The smallest absolute Gasteiger partial charge is 0.251 e. The van der Waals surface area contributed by atoms with Gasteiger partial charge < -0.3 is 20.8 Å². The molecule has 0 atom stereocenters. The van der Waals surface area contributed by atoms with Crippen LogP contribution in [0.3, 0.4) is 0 Å². The largest absolute Gasteiger partial charge is 0.504 e. The number of amides is 2. The molecule has 0 saturated carbocycles. The maximum Gasteiger partial charge on any atom is 0.251 e. The van der Waals surface area contributed by atoms with Gasteiger partial charge in [0.05, 0.1) is 6.54 Å². The van der Waals surface area contributed by atoms with Crippen LogP contribution in [-0.4, -0.2) is 35.1 Å². The lowest BCUT2D eigenvalue weighted by Crippen LogP contribution is -2.36. The summed E-state index contributed by atoms with van der Waals surface area (Å²) in [6, 6.07) is 3.68. The molecule has 0 saturated heterocycles. The van der Waals surface area contributed by atoms with Gasteiger partial charge in [-0.1, -0.05) is 0 Å². The van der Waals surface area contributed by atoms with Gasteiger partial charge in [-0.2, -0.15) is 0 Å². The molecule has 1 aromatic rings. The first kappa shape index (κ1) is 12.8. The van der Waals surface area contributed by atoms with Gasteiger partial charge in [0.15, 0.2) is 11.5 Å². The Labute approximate surface area is 98.3 Å². The van der Waals surface area contributed by atoms with Crippen LogP contribution in [0.4, 0.5) is 0 Å². The number of phenolic OH excluding ortho intramolecular Hbond substituents is 2. The van der Waals surface area contributed by atoms with Gasteiger partial charge in [-0.3, -0.25) is 9.59 Å². The number of aromatic hydroxyl groups is 2. The van der Waals surface area contributed by atoms with Crippen molar-refractivity contribution in [1.29, 1.82) is 0 Å². The number of phenols is 2. The average Bonchev–Trinajstić information content (AvgIpc) is 2.30. The summed E-state index contributed by atoms with van der Waals surface area (Å²) in [5.74, 6) is -1.46. The molecule has 6 heteroatoms. The molecule has 0 radical (unpaired) electrons. The van der Waals surface area contributed by atoms with Crippen LogP contribution < -0.4 is 10.6 Å². The molecule has 0 aliphatic rings. The fraction of sp³-hybridized carbons (Fsp3) is 0.273. The number of hydrogen-bond donors (Lipinski definition) is 4. The highest BCUT2D eigenvalue weighted by molar-refractivity contribution is 5.96. The first-order chi connectivity index (χ1) is 8.04. The molecule has 6 nitrogen and oxygen atoms in total. The zero-order valence-corrected chi connectivity index (χ0v) is 9.36. The lowest BCUT2D eigenvalue weighted by atomic mass is 10.2. The minimum atomic E-state index is -0.494. The molecule has 0 bridgehead atoms. The SMILES string of the molecule is CCNC(=O)CNC(=O)c1ccc(O)c(O)c1. The predicted octanol–water partition coefficient (Wildman–Crippen LogP) is -0.0363. The normalized spacial score (nSPS) is 9.71. The summed E-state index contributed by atoms with van der Waals surface area (Å²) in [5.41, 5.74) is 0.171. The highest BCUT2D eigenvalue weighted by Crippen LogP contribution is 2.24. The van der Waals surface area contributed by atoms with Gasteiger partial charge >= 0.3 is 0 Å². The van der Waals surface area contributed by atoms with Crippen LogP contribution in [-0.2, 0) is 4.79 Å². The molecule has 0 aliphatic heterocycles. The second-order valence-corrected chi connectivity index (χ2v) is 3.34. The summed E-state index contributed by atoms with van der Waals surface area (Å²) in [5, 5.41) is 23.2. The lowest BCUT2D eigenvalue weighted by molar-refractivity contribution is -0.120. The fourth-order valence-electron chi connectivity index (χ4n) is 1.19. The van der Waals surface area contributed by atoms with Crippen LogP contribution in [0, 0.1) is 0 Å². The third-order valence-corrected chi connectivity index (χ3v) is 2.02. The summed E-state index contributed by atoms with van der Waals surface area (Å²) in [6.45, 7) is 2.14. The molecule has 0 spiro atoms. The Morgan fingerprint density at radius 2 is 1.88 bits per heavy atom. The third-order valence-electron chi connectivity index (χ3n) is 2.02. The number of carbonyl (C=O) groups is 2. The second kappa shape index (κ2) is 5.74. The number of nitrogens with one attached hydrogen (secondary N) is 2. The Morgan fingerprint density at radius 3 is 2.47 bits per heavy atom. The molecule has 1 aromatic carbocycles. The molecule has 17 heavy (non-hydrogen) atoms. The Morgan fingerprint density at radius 1 is 1.18 bits per heavy atom. The molecule has 0 aromatic heterocycles. The third kappa shape index (κ3) is 3.67. The molecule has 0 heterocycles. The summed E-state index contributed by atoms with van der Waals surface area (Å²) < 4.78 is 0. The molecule has 0 unspecified atom stereocenters. The van der Waals surface area contributed by atoms with Crippen molar-refractivity contribution in [2.75, 3.05) is 13.1 Å². The van der Waals surface area contributed by atoms with E-state index in [1.807, 2.05) is 0 Å². The molecule has 4 N–H and O–H groups in total.